The van der Waals surface area contributed by atoms with Crippen LogP contribution in [0.1, 0.15) is 42.8 Å². The lowest BCUT2D eigenvalue weighted by molar-refractivity contribution is 0.0898. The highest BCUT2D eigenvalue weighted by molar-refractivity contribution is 5.43. The maximum atomic E-state index is 6.25. The van der Waals surface area contributed by atoms with Crippen LogP contribution in [0, 0.1) is 19.3 Å². The second-order valence-electron chi connectivity index (χ2n) is 8.17. The number of rotatable bonds is 6. The third-order valence-electron chi connectivity index (χ3n) is 5.58. The number of piperidine rings is 1. The minimum absolute atomic E-state index is 0.139. The first-order chi connectivity index (χ1) is 12.8. The third-order valence-corrected chi connectivity index (χ3v) is 5.58. The third kappa shape index (κ3) is 4.45. The van der Waals surface area contributed by atoms with Gasteiger partial charge in [-0.1, -0.05) is 25.1 Å². The molecular weight excluding hydrogens is 342 g/mol. The van der Waals surface area contributed by atoms with Gasteiger partial charge in [0.05, 0.1) is 18.4 Å². The summed E-state index contributed by atoms with van der Waals surface area (Å²) in [4.78, 5) is 2.46. The summed E-state index contributed by atoms with van der Waals surface area (Å²) in [7, 11) is 1.67. The SMILES string of the molecule is COc1cc(CN2CCC(N)C(C)(C)C2)ccc1OCc1c(C)noc1C. The second kappa shape index (κ2) is 7.90. The van der Waals surface area contributed by atoms with Crippen LogP contribution in [0.5, 0.6) is 11.5 Å². The Labute approximate surface area is 161 Å². The minimum Gasteiger partial charge on any atom is -0.493 e. The molecule has 6 heteroatoms. The molecular formula is C21H31N3O3. The van der Waals surface area contributed by atoms with Gasteiger partial charge in [0, 0.05) is 25.7 Å². The normalized spacial score (nSPS) is 19.9. The molecule has 2 N–H and O–H groups in total. The van der Waals surface area contributed by atoms with Crippen LogP contribution in [-0.4, -0.2) is 36.3 Å². The van der Waals surface area contributed by atoms with Gasteiger partial charge in [0.1, 0.15) is 12.4 Å². The van der Waals surface area contributed by atoms with Gasteiger partial charge in [0.2, 0.25) is 0 Å². The Hall–Kier alpha value is -2.05. The van der Waals surface area contributed by atoms with Crippen molar-refractivity contribution in [1.29, 1.82) is 0 Å². The Morgan fingerprint density at radius 1 is 1.30 bits per heavy atom. The van der Waals surface area contributed by atoms with Gasteiger partial charge >= 0.3 is 0 Å². The quantitative estimate of drug-likeness (QED) is 0.836. The largest absolute Gasteiger partial charge is 0.493 e. The van der Waals surface area contributed by atoms with E-state index in [1.165, 1.54) is 5.56 Å². The lowest BCUT2D eigenvalue weighted by Gasteiger charge is -2.42. The van der Waals surface area contributed by atoms with E-state index in [-0.39, 0.29) is 11.5 Å². The predicted octanol–water partition coefficient (Wildman–Crippen LogP) is 3.44. The van der Waals surface area contributed by atoms with E-state index >= 15 is 0 Å². The number of ether oxygens (including phenoxy) is 2. The number of aromatic nitrogens is 1. The Bertz CT molecular complexity index is 765. The minimum atomic E-state index is 0.139. The van der Waals surface area contributed by atoms with Gasteiger partial charge < -0.3 is 19.7 Å². The van der Waals surface area contributed by atoms with Crippen LogP contribution >= 0.6 is 0 Å². The van der Waals surface area contributed by atoms with Crippen molar-refractivity contribution >= 4 is 0 Å². The summed E-state index contributed by atoms with van der Waals surface area (Å²) in [6, 6.07) is 6.41. The standard InChI is InChI=1S/C21H31N3O3/c1-14-17(15(2)27-23-14)12-26-18-7-6-16(10-19(18)25-5)11-24-9-8-20(22)21(3,4)13-24/h6-7,10,20H,8-9,11-13,22H2,1-5H3. The Kier molecular flexibility index (Phi) is 5.77. The van der Waals surface area contributed by atoms with E-state index in [0.717, 1.165) is 54.6 Å². The molecule has 0 saturated carbocycles. The van der Waals surface area contributed by atoms with Gasteiger partial charge in [-0.3, -0.25) is 4.90 Å². The first kappa shape index (κ1) is 19.7. The van der Waals surface area contributed by atoms with Crippen LogP contribution in [0.4, 0.5) is 0 Å². The smallest absolute Gasteiger partial charge is 0.161 e. The fraction of sp³-hybridized carbons (Fsp3) is 0.571. The molecule has 6 nitrogen and oxygen atoms in total. The Morgan fingerprint density at radius 3 is 2.70 bits per heavy atom. The molecule has 2 heterocycles. The van der Waals surface area contributed by atoms with Gasteiger partial charge in [-0.25, -0.2) is 0 Å². The number of nitrogens with two attached hydrogens (primary N) is 1. The van der Waals surface area contributed by atoms with E-state index in [9.17, 15) is 0 Å². The first-order valence-corrected chi connectivity index (χ1v) is 9.49. The van der Waals surface area contributed by atoms with Gasteiger partial charge in [-0.15, -0.1) is 0 Å². The van der Waals surface area contributed by atoms with Crippen LogP contribution in [0.2, 0.25) is 0 Å². The molecule has 0 radical (unpaired) electrons. The average molecular weight is 373 g/mol. The molecule has 27 heavy (non-hydrogen) atoms. The van der Waals surface area contributed by atoms with Gasteiger partial charge in [-0.05, 0) is 43.4 Å². The van der Waals surface area contributed by atoms with Crippen molar-refractivity contribution in [3.05, 3.63) is 40.8 Å². The maximum absolute atomic E-state index is 6.25. The van der Waals surface area contributed by atoms with Crippen molar-refractivity contribution in [3.63, 3.8) is 0 Å². The zero-order chi connectivity index (χ0) is 19.6. The highest BCUT2D eigenvalue weighted by atomic mass is 16.5. The molecule has 1 unspecified atom stereocenters. The summed E-state index contributed by atoms with van der Waals surface area (Å²) in [5.41, 5.74) is 9.44. The van der Waals surface area contributed by atoms with Crippen LogP contribution in [-0.2, 0) is 13.2 Å². The number of aryl methyl sites for hydroxylation is 2. The van der Waals surface area contributed by atoms with E-state index in [4.69, 9.17) is 19.7 Å². The molecule has 0 bridgehead atoms. The molecule has 1 aliphatic heterocycles. The van der Waals surface area contributed by atoms with E-state index in [1.807, 2.05) is 19.9 Å². The number of hydrogen-bond acceptors (Lipinski definition) is 6. The predicted molar refractivity (Wildman–Crippen MR) is 105 cm³/mol. The summed E-state index contributed by atoms with van der Waals surface area (Å²) in [6.45, 7) is 11.6. The van der Waals surface area contributed by atoms with Gasteiger partial charge in [-0.2, -0.15) is 0 Å². The molecule has 0 spiro atoms. The highest BCUT2D eigenvalue weighted by Crippen LogP contribution is 2.32. The fourth-order valence-corrected chi connectivity index (χ4v) is 3.67. The van der Waals surface area contributed by atoms with Gasteiger partial charge in [0.15, 0.2) is 11.5 Å². The van der Waals surface area contributed by atoms with Crippen LogP contribution in [0.3, 0.4) is 0 Å². The molecule has 1 atom stereocenters. The molecule has 1 aromatic carbocycles. The lowest BCUT2D eigenvalue weighted by atomic mass is 9.79. The molecule has 148 valence electrons. The van der Waals surface area contributed by atoms with E-state index in [1.54, 1.807) is 7.11 Å². The van der Waals surface area contributed by atoms with E-state index in [0.29, 0.717) is 6.61 Å². The molecule has 1 fully saturated rings. The van der Waals surface area contributed by atoms with Crippen molar-refractivity contribution in [1.82, 2.24) is 10.1 Å². The van der Waals surface area contributed by atoms with Crippen molar-refractivity contribution in [2.45, 2.75) is 53.3 Å². The zero-order valence-electron chi connectivity index (χ0n) is 17.0. The van der Waals surface area contributed by atoms with Crippen LogP contribution in [0.25, 0.3) is 0 Å². The van der Waals surface area contributed by atoms with Crippen molar-refractivity contribution in [2.75, 3.05) is 20.2 Å². The lowest BCUT2D eigenvalue weighted by Crippen LogP contribution is -2.52. The number of methoxy groups -OCH3 is 1. The van der Waals surface area contributed by atoms with Crippen molar-refractivity contribution in [2.24, 2.45) is 11.1 Å². The summed E-state index contributed by atoms with van der Waals surface area (Å²) < 4.78 is 16.7. The van der Waals surface area contributed by atoms with Crippen molar-refractivity contribution < 1.29 is 14.0 Å². The van der Waals surface area contributed by atoms with Crippen molar-refractivity contribution in [3.8, 4) is 11.5 Å². The number of nitrogens with zero attached hydrogens (tertiary/aromatic N) is 2. The number of likely N-dealkylation sites (tertiary alicyclic amines) is 1. The highest BCUT2D eigenvalue weighted by Gasteiger charge is 2.33. The summed E-state index contributed by atoms with van der Waals surface area (Å²) >= 11 is 0. The number of hydrogen-bond donors (Lipinski definition) is 1. The summed E-state index contributed by atoms with van der Waals surface area (Å²) in [5.74, 6) is 2.25. The molecule has 1 aromatic heterocycles. The van der Waals surface area contributed by atoms with Crippen LogP contribution in [0.15, 0.2) is 22.7 Å². The molecule has 0 amide bonds. The monoisotopic (exact) mass is 373 g/mol. The fourth-order valence-electron chi connectivity index (χ4n) is 3.67. The molecule has 3 rings (SSSR count). The second-order valence-corrected chi connectivity index (χ2v) is 8.17. The zero-order valence-corrected chi connectivity index (χ0v) is 17.0. The topological polar surface area (TPSA) is 73.8 Å². The summed E-state index contributed by atoms with van der Waals surface area (Å²) in [6.07, 6.45) is 1.03. The maximum Gasteiger partial charge on any atom is 0.161 e. The first-order valence-electron chi connectivity index (χ1n) is 9.49. The summed E-state index contributed by atoms with van der Waals surface area (Å²) in [5, 5.41) is 3.97. The number of benzene rings is 1. The average Bonchev–Trinajstić information content (AvgIpc) is 2.95. The van der Waals surface area contributed by atoms with Crippen LogP contribution < -0.4 is 15.2 Å². The van der Waals surface area contributed by atoms with Gasteiger partial charge in [0.25, 0.3) is 0 Å². The van der Waals surface area contributed by atoms with E-state index < -0.39 is 0 Å². The Morgan fingerprint density at radius 2 is 2.07 bits per heavy atom. The van der Waals surface area contributed by atoms with E-state index in [2.05, 4.69) is 36.0 Å². The molecule has 2 aromatic rings. The molecule has 0 aliphatic carbocycles. The molecule has 1 aliphatic rings. The molecule has 1 saturated heterocycles. The Balaban J connectivity index is 1.67.